The van der Waals surface area contributed by atoms with Gasteiger partial charge in [0.1, 0.15) is 6.07 Å². The van der Waals surface area contributed by atoms with Crippen LogP contribution in [0, 0.1) is 25.2 Å². The molecule has 0 saturated heterocycles. The van der Waals surface area contributed by atoms with Crippen molar-refractivity contribution in [1.82, 2.24) is 0 Å². The lowest BCUT2D eigenvalue weighted by molar-refractivity contribution is 0.101. The molecule has 0 bridgehead atoms. The first kappa shape index (κ1) is 14.8. The van der Waals surface area contributed by atoms with Crippen LogP contribution in [0.25, 0.3) is 0 Å². The SMILES string of the molecule is CC(=O)c1ccc(C#N)c(NCc2ccc(C)cc2C)c1. The van der Waals surface area contributed by atoms with Gasteiger partial charge in [0.05, 0.1) is 11.3 Å². The highest BCUT2D eigenvalue weighted by Crippen LogP contribution is 2.19. The van der Waals surface area contributed by atoms with E-state index < -0.39 is 0 Å². The Labute approximate surface area is 125 Å². The quantitative estimate of drug-likeness (QED) is 0.860. The van der Waals surface area contributed by atoms with E-state index in [-0.39, 0.29) is 5.78 Å². The molecule has 0 heterocycles. The first-order chi connectivity index (χ1) is 10.0. The van der Waals surface area contributed by atoms with Gasteiger partial charge in [-0.05, 0) is 50.1 Å². The number of carbonyl (C=O) groups is 1. The molecular weight excluding hydrogens is 260 g/mol. The van der Waals surface area contributed by atoms with Crippen molar-refractivity contribution in [3.8, 4) is 6.07 Å². The minimum Gasteiger partial charge on any atom is -0.380 e. The van der Waals surface area contributed by atoms with Gasteiger partial charge in [0.2, 0.25) is 0 Å². The summed E-state index contributed by atoms with van der Waals surface area (Å²) < 4.78 is 0. The standard InChI is InChI=1S/C18H18N2O/c1-12-4-5-17(13(2)8-12)11-20-18-9-15(14(3)21)6-7-16(18)10-19/h4-9,20H,11H2,1-3H3. The van der Waals surface area contributed by atoms with Crippen molar-refractivity contribution in [1.29, 1.82) is 5.26 Å². The summed E-state index contributed by atoms with van der Waals surface area (Å²) in [5, 5.41) is 12.4. The molecule has 0 amide bonds. The molecule has 3 nitrogen and oxygen atoms in total. The summed E-state index contributed by atoms with van der Waals surface area (Å²) in [6, 6.07) is 13.5. The maximum Gasteiger partial charge on any atom is 0.159 e. The van der Waals surface area contributed by atoms with E-state index in [1.165, 1.54) is 23.6 Å². The Hall–Kier alpha value is -2.60. The molecular formula is C18H18N2O. The van der Waals surface area contributed by atoms with Crippen molar-refractivity contribution in [3.05, 3.63) is 64.2 Å². The van der Waals surface area contributed by atoms with E-state index >= 15 is 0 Å². The number of benzene rings is 2. The number of nitrogens with one attached hydrogen (secondary N) is 1. The van der Waals surface area contributed by atoms with E-state index in [4.69, 9.17) is 5.26 Å². The molecule has 0 fully saturated rings. The minimum absolute atomic E-state index is 0.00550. The lowest BCUT2D eigenvalue weighted by Crippen LogP contribution is -2.04. The highest BCUT2D eigenvalue weighted by Gasteiger charge is 2.07. The van der Waals surface area contributed by atoms with Gasteiger partial charge in [0, 0.05) is 12.1 Å². The number of Topliss-reactive ketones (excluding diaryl/α,β-unsaturated/α-hetero) is 1. The first-order valence-electron chi connectivity index (χ1n) is 6.86. The predicted octanol–water partition coefficient (Wildman–Crippen LogP) is 3.99. The molecule has 3 heteroatoms. The van der Waals surface area contributed by atoms with Crippen LogP contribution in [0.2, 0.25) is 0 Å². The molecule has 1 N–H and O–H groups in total. The van der Waals surface area contributed by atoms with Crippen LogP contribution in [0.1, 0.15) is 39.5 Å². The summed E-state index contributed by atoms with van der Waals surface area (Å²) in [6.07, 6.45) is 0. The average Bonchev–Trinajstić information content (AvgIpc) is 2.46. The van der Waals surface area contributed by atoms with Crippen molar-refractivity contribution in [2.24, 2.45) is 0 Å². The van der Waals surface area contributed by atoms with Crippen LogP contribution in [0.4, 0.5) is 5.69 Å². The summed E-state index contributed by atoms with van der Waals surface area (Å²) in [5.41, 5.74) is 5.47. The molecule has 0 spiro atoms. The number of anilines is 1. The Morgan fingerprint density at radius 1 is 1.19 bits per heavy atom. The fourth-order valence-electron chi connectivity index (χ4n) is 2.24. The molecule has 0 aromatic heterocycles. The van der Waals surface area contributed by atoms with Crippen LogP contribution in [0.3, 0.4) is 0 Å². The molecule has 106 valence electrons. The Morgan fingerprint density at radius 2 is 1.95 bits per heavy atom. The zero-order chi connectivity index (χ0) is 15.4. The second-order valence-corrected chi connectivity index (χ2v) is 5.21. The maximum absolute atomic E-state index is 11.5. The monoisotopic (exact) mass is 278 g/mol. The fraction of sp³-hybridized carbons (Fsp3) is 0.222. The molecule has 0 aliphatic carbocycles. The van der Waals surface area contributed by atoms with E-state index in [1.54, 1.807) is 18.2 Å². The highest BCUT2D eigenvalue weighted by molar-refractivity contribution is 5.95. The van der Waals surface area contributed by atoms with Crippen LogP contribution >= 0.6 is 0 Å². The molecule has 0 radical (unpaired) electrons. The third-order valence-electron chi connectivity index (χ3n) is 3.51. The Morgan fingerprint density at radius 3 is 2.57 bits per heavy atom. The van der Waals surface area contributed by atoms with Gasteiger partial charge in [-0.25, -0.2) is 0 Å². The van der Waals surface area contributed by atoms with E-state index in [1.807, 2.05) is 0 Å². The largest absolute Gasteiger partial charge is 0.380 e. The third kappa shape index (κ3) is 3.49. The van der Waals surface area contributed by atoms with Gasteiger partial charge in [0.25, 0.3) is 0 Å². The number of rotatable bonds is 4. The van der Waals surface area contributed by atoms with Crippen molar-refractivity contribution < 1.29 is 4.79 Å². The van der Waals surface area contributed by atoms with Gasteiger partial charge in [0.15, 0.2) is 5.78 Å². The van der Waals surface area contributed by atoms with E-state index in [0.717, 1.165) is 0 Å². The van der Waals surface area contributed by atoms with Gasteiger partial charge in [-0.2, -0.15) is 5.26 Å². The summed E-state index contributed by atoms with van der Waals surface area (Å²) in [5.74, 6) is -0.00550. The topological polar surface area (TPSA) is 52.9 Å². The second-order valence-electron chi connectivity index (χ2n) is 5.21. The van der Waals surface area contributed by atoms with Gasteiger partial charge >= 0.3 is 0 Å². The molecule has 2 aromatic rings. The molecule has 2 rings (SSSR count). The van der Waals surface area contributed by atoms with Crippen molar-refractivity contribution >= 4 is 11.5 Å². The van der Waals surface area contributed by atoms with Crippen LogP contribution < -0.4 is 5.32 Å². The number of aryl methyl sites for hydroxylation is 2. The molecule has 21 heavy (non-hydrogen) atoms. The summed E-state index contributed by atoms with van der Waals surface area (Å²) in [6.45, 7) is 6.28. The van der Waals surface area contributed by atoms with Crippen LogP contribution in [0.5, 0.6) is 0 Å². The van der Waals surface area contributed by atoms with Gasteiger partial charge in [-0.15, -0.1) is 0 Å². The Bertz CT molecular complexity index is 726. The predicted molar refractivity (Wildman–Crippen MR) is 84.4 cm³/mol. The lowest BCUT2D eigenvalue weighted by Gasteiger charge is -2.12. The zero-order valence-corrected chi connectivity index (χ0v) is 12.5. The van der Waals surface area contributed by atoms with Gasteiger partial charge in [-0.3, -0.25) is 4.79 Å². The Balaban J connectivity index is 2.24. The number of hydrogen-bond donors (Lipinski definition) is 1. The molecule has 0 saturated carbocycles. The smallest absolute Gasteiger partial charge is 0.159 e. The average molecular weight is 278 g/mol. The van der Waals surface area contributed by atoms with Crippen LogP contribution in [-0.4, -0.2) is 5.78 Å². The van der Waals surface area contributed by atoms with Crippen molar-refractivity contribution in [3.63, 3.8) is 0 Å². The number of nitriles is 1. The summed E-state index contributed by atoms with van der Waals surface area (Å²) in [4.78, 5) is 11.5. The molecule has 0 atom stereocenters. The van der Waals surface area contributed by atoms with Gasteiger partial charge < -0.3 is 5.32 Å². The zero-order valence-electron chi connectivity index (χ0n) is 12.5. The van der Waals surface area contributed by atoms with Crippen LogP contribution in [-0.2, 0) is 6.54 Å². The van der Waals surface area contributed by atoms with E-state index in [2.05, 4.69) is 43.4 Å². The Kier molecular flexibility index (Phi) is 4.39. The van der Waals surface area contributed by atoms with Crippen molar-refractivity contribution in [2.45, 2.75) is 27.3 Å². The third-order valence-corrected chi connectivity index (χ3v) is 3.51. The first-order valence-corrected chi connectivity index (χ1v) is 6.86. The minimum atomic E-state index is -0.00550. The van der Waals surface area contributed by atoms with Crippen molar-refractivity contribution in [2.75, 3.05) is 5.32 Å². The van der Waals surface area contributed by atoms with Gasteiger partial charge in [-0.1, -0.05) is 23.8 Å². The van der Waals surface area contributed by atoms with E-state index in [0.29, 0.717) is 23.4 Å². The number of hydrogen-bond acceptors (Lipinski definition) is 3. The lowest BCUT2D eigenvalue weighted by atomic mass is 10.0. The maximum atomic E-state index is 11.5. The number of carbonyl (C=O) groups excluding carboxylic acids is 1. The molecule has 0 aliphatic heterocycles. The number of nitrogens with zero attached hydrogens (tertiary/aromatic N) is 1. The van der Waals surface area contributed by atoms with E-state index in [9.17, 15) is 4.79 Å². The second kappa shape index (κ2) is 6.23. The molecule has 0 unspecified atom stereocenters. The molecule has 0 aliphatic rings. The fourth-order valence-corrected chi connectivity index (χ4v) is 2.24. The summed E-state index contributed by atoms with van der Waals surface area (Å²) >= 11 is 0. The summed E-state index contributed by atoms with van der Waals surface area (Å²) in [7, 11) is 0. The normalized spacial score (nSPS) is 10.0. The molecule has 2 aromatic carbocycles. The highest BCUT2D eigenvalue weighted by atomic mass is 16.1. The van der Waals surface area contributed by atoms with Crippen LogP contribution in [0.15, 0.2) is 36.4 Å². The number of ketones is 1.